The number of carbonyl (C=O) groups excluding carboxylic acids is 2. The lowest BCUT2D eigenvalue weighted by Gasteiger charge is -2.18. The first-order valence-corrected chi connectivity index (χ1v) is 11.0. The summed E-state index contributed by atoms with van der Waals surface area (Å²) in [6.45, 7) is 0. The smallest absolute Gasteiger partial charge is 0.273 e. The fraction of sp³-hybridized carbons (Fsp3) is 0.0800. The molecule has 0 aliphatic heterocycles. The van der Waals surface area contributed by atoms with Gasteiger partial charge in [-0.15, -0.1) is 0 Å². The lowest BCUT2D eigenvalue weighted by molar-refractivity contribution is -0.385. The van der Waals surface area contributed by atoms with Gasteiger partial charge in [-0.3, -0.25) is 24.5 Å². The maximum Gasteiger partial charge on any atom is 0.273 e. The Labute approximate surface area is 213 Å². The summed E-state index contributed by atoms with van der Waals surface area (Å²) in [5, 5.41) is 36.8. The Balaban J connectivity index is 1.69. The number of hydrazone groups is 1. The van der Waals surface area contributed by atoms with Gasteiger partial charge in [0.2, 0.25) is 0 Å². The van der Waals surface area contributed by atoms with Crippen molar-refractivity contribution in [2.75, 3.05) is 7.11 Å². The molecule has 13 heteroatoms. The van der Waals surface area contributed by atoms with Crippen molar-refractivity contribution < 1.29 is 24.4 Å². The number of nitrogens with one attached hydrogen (secondary N) is 3. The van der Waals surface area contributed by atoms with Crippen LogP contribution >= 0.6 is 0 Å². The number of aromatic amines is 1. The number of hydrogen-bond acceptors (Lipinski definition) is 9. The van der Waals surface area contributed by atoms with Gasteiger partial charge in [-0.2, -0.15) is 10.2 Å². The van der Waals surface area contributed by atoms with Crippen LogP contribution < -0.4 is 26.1 Å². The first-order valence-electron chi connectivity index (χ1n) is 11.0. The quantitative estimate of drug-likeness (QED) is 0.179. The predicted molar refractivity (Wildman–Crippen MR) is 134 cm³/mol. The van der Waals surface area contributed by atoms with E-state index in [1.54, 1.807) is 48.5 Å². The second kappa shape index (κ2) is 11.0. The highest BCUT2D eigenvalue weighted by Gasteiger charge is 2.27. The van der Waals surface area contributed by atoms with E-state index < -0.39 is 39.8 Å². The van der Waals surface area contributed by atoms with Crippen molar-refractivity contribution in [3.63, 3.8) is 0 Å². The highest BCUT2D eigenvalue weighted by molar-refractivity contribution is 5.99. The molecule has 0 aliphatic carbocycles. The average molecular weight is 515 g/mol. The molecule has 0 unspecified atom stereocenters. The molecular formula is C25H19N6O7-. The Kier molecular flexibility index (Phi) is 7.38. The number of aromatic nitrogens is 2. The number of fused-ring (bicyclic) bond motifs is 1. The van der Waals surface area contributed by atoms with Crippen LogP contribution in [-0.4, -0.2) is 40.3 Å². The Morgan fingerprint density at radius 2 is 1.79 bits per heavy atom. The minimum atomic E-state index is -1.42. The highest BCUT2D eigenvalue weighted by Crippen LogP contribution is 2.31. The number of benzene rings is 3. The largest absolute Gasteiger partial charge is 0.870 e. The number of non-ortho nitro benzene ring substituents is 1. The molecule has 4 aromatic rings. The van der Waals surface area contributed by atoms with E-state index in [1.165, 1.54) is 13.2 Å². The van der Waals surface area contributed by atoms with Gasteiger partial charge < -0.3 is 15.2 Å². The van der Waals surface area contributed by atoms with Gasteiger partial charge in [-0.25, -0.2) is 10.5 Å². The molecule has 0 saturated heterocycles. The number of nitrogens with zero attached hydrogens (tertiary/aromatic N) is 3. The third-order valence-electron chi connectivity index (χ3n) is 5.45. The molecule has 0 radical (unpaired) electrons. The number of carbonyl (C=O) groups is 2. The average Bonchev–Trinajstić information content (AvgIpc) is 2.93. The molecule has 4 rings (SSSR count). The molecule has 192 valence electrons. The molecule has 3 N–H and O–H groups in total. The maximum absolute atomic E-state index is 13.2. The van der Waals surface area contributed by atoms with Crippen LogP contribution in [0.4, 0.5) is 5.69 Å². The highest BCUT2D eigenvalue weighted by atomic mass is 16.6. The van der Waals surface area contributed by atoms with E-state index >= 15 is 0 Å². The molecule has 0 spiro atoms. The van der Waals surface area contributed by atoms with Crippen molar-refractivity contribution >= 4 is 34.5 Å². The summed E-state index contributed by atoms with van der Waals surface area (Å²) in [5.41, 5.74) is 1.41. The van der Waals surface area contributed by atoms with Gasteiger partial charge in [-0.1, -0.05) is 42.1 Å². The van der Waals surface area contributed by atoms with E-state index in [4.69, 9.17) is 4.74 Å². The minimum Gasteiger partial charge on any atom is -0.870 e. The van der Waals surface area contributed by atoms with Crippen LogP contribution in [-0.2, 0) is 4.79 Å². The number of hydrogen-bond donors (Lipinski definition) is 3. The molecule has 0 aliphatic rings. The molecule has 2 amide bonds. The lowest BCUT2D eigenvalue weighted by atomic mass is 10.0. The van der Waals surface area contributed by atoms with E-state index in [0.717, 1.165) is 18.3 Å². The normalized spacial score (nSPS) is 11.7. The van der Waals surface area contributed by atoms with Crippen LogP contribution in [0.1, 0.15) is 27.7 Å². The fourth-order valence-corrected chi connectivity index (χ4v) is 3.61. The summed E-state index contributed by atoms with van der Waals surface area (Å²) in [4.78, 5) is 48.8. The Bertz CT molecular complexity index is 1620. The van der Waals surface area contributed by atoms with Crippen molar-refractivity contribution in [2.24, 2.45) is 5.10 Å². The number of nitro benzene ring substituents is 1. The number of nitro groups is 1. The first kappa shape index (κ1) is 25.5. The molecule has 3 aromatic carbocycles. The zero-order valence-electron chi connectivity index (χ0n) is 19.7. The molecular weight excluding hydrogens is 496 g/mol. The number of ether oxygens (including phenoxy) is 1. The summed E-state index contributed by atoms with van der Waals surface area (Å²) < 4.78 is 4.89. The van der Waals surface area contributed by atoms with Crippen molar-refractivity contribution in [1.29, 1.82) is 0 Å². The predicted octanol–water partition coefficient (Wildman–Crippen LogP) is 1.53. The molecule has 1 atom stereocenters. The third kappa shape index (κ3) is 5.31. The second-order valence-electron chi connectivity index (χ2n) is 7.81. The van der Waals surface area contributed by atoms with Gasteiger partial charge in [0.15, 0.2) is 6.04 Å². The topological polar surface area (TPSA) is 192 Å². The van der Waals surface area contributed by atoms with Gasteiger partial charge in [0.1, 0.15) is 11.4 Å². The number of H-pyrrole nitrogens is 1. The van der Waals surface area contributed by atoms with Gasteiger partial charge in [0.25, 0.3) is 23.1 Å². The van der Waals surface area contributed by atoms with E-state index in [1.807, 2.05) is 0 Å². The second-order valence-corrected chi connectivity index (χ2v) is 7.81. The van der Waals surface area contributed by atoms with E-state index in [2.05, 4.69) is 26.0 Å². The van der Waals surface area contributed by atoms with Crippen LogP contribution in [0.25, 0.3) is 10.8 Å². The molecule has 0 saturated carbocycles. The summed E-state index contributed by atoms with van der Waals surface area (Å²) in [6.07, 6.45) is 0.921. The van der Waals surface area contributed by atoms with E-state index in [9.17, 15) is 29.6 Å². The van der Waals surface area contributed by atoms with Crippen molar-refractivity contribution in [3.05, 3.63) is 104 Å². The zero-order chi connectivity index (χ0) is 27.2. The van der Waals surface area contributed by atoms with Crippen LogP contribution in [0.3, 0.4) is 0 Å². The number of amides is 2. The Morgan fingerprint density at radius 3 is 2.47 bits per heavy atom. The summed E-state index contributed by atoms with van der Waals surface area (Å²) >= 11 is 0. The molecule has 13 nitrogen and oxygen atoms in total. The summed E-state index contributed by atoms with van der Waals surface area (Å²) in [7, 11) is 1.19. The SMILES string of the molecule is COc1cc([N+](=O)[O-])cc(C=NNC(=O)[C@H](NC(=O)c2ccccc2)c2n[nH]c(=O)c3ccccc23)c1[O-]. The standard InChI is InChI=1S/C25H20N6O7/c1-38-19-12-16(31(36)37)11-15(22(19)32)13-26-29-25(35)21(27-23(33)14-7-3-2-4-8-14)20-17-9-5-6-10-18(17)24(34)30-28-20/h2-13,21,32H,1H3,(H,27,33)(H,29,35)(H,30,34)/p-1/t21-/m1/s1. The monoisotopic (exact) mass is 515 g/mol. The van der Waals surface area contributed by atoms with E-state index in [-0.39, 0.29) is 28.0 Å². The molecule has 1 heterocycles. The van der Waals surface area contributed by atoms with Crippen LogP contribution in [0.15, 0.2) is 76.6 Å². The van der Waals surface area contributed by atoms with Crippen LogP contribution in [0.5, 0.6) is 11.5 Å². The van der Waals surface area contributed by atoms with Gasteiger partial charge in [0.05, 0.1) is 29.7 Å². The molecule has 0 fully saturated rings. The van der Waals surface area contributed by atoms with E-state index in [0.29, 0.717) is 5.39 Å². The minimum absolute atomic E-state index is 0.0405. The maximum atomic E-state index is 13.2. The molecule has 0 bridgehead atoms. The van der Waals surface area contributed by atoms with Gasteiger partial charge in [-0.05, 0) is 23.8 Å². The molecule has 1 aromatic heterocycles. The third-order valence-corrected chi connectivity index (χ3v) is 5.45. The van der Waals surface area contributed by atoms with Gasteiger partial charge >= 0.3 is 0 Å². The summed E-state index contributed by atoms with van der Waals surface area (Å²) in [5.74, 6) is -2.42. The van der Waals surface area contributed by atoms with Crippen molar-refractivity contribution in [2.45, 2.75) is 6.04 Å². The Morgan fingerprint density at radius 1 is 1.11 bits per heavy atom. The van der Waals surface area contributed by atoms with Crippen LogP contribution in [0.2, 0.25) is 0 Å². The van der Waals surface area contributed by atoms with Gasteiger partial charge in [0, 0.05) is 17.0 Å². The first-order chi connectivity index (χ1) is 18.3. The number of rotatable bonds is 8. The fourth-order valence-electron chi connectivity index (χ4n) is 3.61. The van der Waals surface area contributed by atoms with Crippen molar-refractivity contribution in [3.8, 4) is 11.5 Å². The zero-order valence-corrected chi connectivity index (χ0v) is 19.7. The molecule has 38 heavy (non-hydrogen) atoms. The van der Waals surface area contributed by atoms with Crippen molar-refractivity contribution in [1.82, 2.24) is 20.9 Å². The lowest BCUT2D eigenvalue weighted by Crippen LogP contribution is -2.40. The summed E-state index contributed by atoms with van der Waals surface area (Å²) in [6, 6.07) is 15.0. The Hall–Kier alpha value is -5.59. The van der Waals surface area contributed by atoms with Crippen LogP contribution in [0, 0.1) is 10.1 Å². The number of methoxy groups -OCH3 is 1.